The monoisotopic (exact) mass is 385 g/mol. The van der Waals surface area contributed by atoms with E-state index >= 15 is 0 Å². The molecule has 0 radical (unpaired) electrons. The van der Waals surface area contributed by atoms with Crippen molar-refractivity contribution in [2.24, 2.45) is 0 Å². The second kappa shape index (κ2) is 6.91. The Labute approximate surface area is 166 Å². The number of allylic oxidation sites excluding steroid dienone is 2. The van der Waals surface area contributed by atoms with Gasteiger partial charge in [-0.25, -0.2) is 0 Å². The zero-order valence-corrected chi connectivity index (χ0v) is 16.6. The maximum atomic E-state index is 2.44. The van der Waals surface area contributed by atoms with Crippen molar-refractivity contribution in [1.29, 1.82) is 0 Å². The molecule has 3 aromatic rings. The first kappa shape index (κ1) is 16.7. The number of aryl methyl sites for hydroxylation is 1. The zero-order chi connectivity index (χ0) is 18.2. The van der Waals surface area contributed by atoms with Crippen molar-refractivity contribution >= 4 is 41.5 Å². The molecule has 0 saturated carbocycles. The van der Waals surface area contributed by atoms with Gasteiger partial charge in [0.25, 0.3) is 0 Å². The summed E-state index contributed by atoms with van der Waals surface area (Å²) < 4.78 is 2.44. The Kier molecular flexibility index (Phi) is 4.27. The number of anilines is 1. The molecule has 2 aliphatic heterocycles. The average Bonchev–Trinajstić information content (AvgIpc) is 3.30. The quantitative estimate of drug-likeness (QED) is 0.356. The second-order valence-corrected chi connectivity index (χ2v) is 10.0. The summed E-state index contributed by atoms with van der Waals surface area (Å²) >= 11 is 0. The van der Waals surface area contributed by atoms with E-state index < -0.39 is 0 Å². The van der Waals surface area contributed by atoms with Crippen LogP contribution in [0.4, 0.5) is 5.69 Å². The topological polar surface area (TPSA) is 3.24 Å². The molecule has 1 nitrogen and oxygen atoms in total. The molecule has 3 heteroatoms. The van der Waals surface area contributed by atoms with Crippen LogP contribution >= 0.6 is 20.5 Å². The Bertz CT molecular complexity index is 1080. The van der Waals surface area contributed by atoms with Gasteiger partial charge in [0, 0.05) is 21.5 Å². The average molecular weight is 386 g/mol. The molecule has 0 amide bonds. The molecule has 132 valence electrons. The minimum absolute atomic E-state index is 0.0429. The van der Waals surface area contributed by atoms with Crippen LogP contribution in [0.3, 0.4) is 0 Å². The molecule has 0 N–H and O–H groups in total. The van der Waals surface area contributed by atoms with E-state index in [9.17, 15) is 0 Å². The summed E-state index contributed by atoms with van der Waals surface area (Å²) in [5.74, 6) is 0. The zero-order valence-electron chi connectivity index (χ0n) is 15.0. The summed E-state index contributed by atoms with van der Waals surface area (Å²) in [7, 11) is 1.92. The number of nitrogens with zero attached hydrogens (tertiary/aromatic N) is 1. The first-order chi connectivity index (χ1) is 13.3. The highest BCUT2D eigenvalue weighted by atomic mass is 33.1. The van der Waals surface area contributed by atoms with E-state index in [2.05, 4.69) is 108 Å². The summed E-state index contributed by atoms with van der Waals surface area (Å²) in [4.78, 5) is 2.78. The van der Waals surface area contributed by atoms with Crippen molar-refractivity contribution in [1.82, 2.24) is 0 Å². The lowest BCUT2D eigenvalue weighted by molar-refractivity contribution is 1.41. The fourth-order valence-electron chi connectivity index (χ4n) is 3.30. The van der Waals surface area contributed by atoms with Crippen LogP contribution < -0.4 is 4.31 Å². The molecule has 0 fully saturated rings. The van der Waals surface area contributed by atoms with Gasteiger partial charge < -0.3 is 0 Å². The van der Waals surface area contributed by atoms with E-state index in [1.165, 1.54) is 37.7 Å². The molecule has 0 aromatic heterocycles. The molecule has 27 heavy (non-hydrogen) atoms. The van der Waals surface area contributed by atoms with Gasteiger partial charge in [0.15, 0.2) is 0 Å². The predicted molar refractivity (Wildman–Crippen MR) is 123 cm³/mol. The number of hydrogen-bond donors (Lipinski definition) is 0. The lowest BCUT2D eigenvalue weighted by Gasteiger charge is -2.20. The largest absolute Gasteiger partial charge is 0.288 e. The molecule has 0 bridgehead atoms. The van der Waals surface area contributed by atoms with Gasteiger partial charge in [-0.1, -0.05) is 78.4 Å². The van der Waals surface area contributed by atoms with Gasteiger partial charge >= 0.3 is 0 Å². The minimum Gasteiger partial charge on any atom is -0.288 e. The van der Waals surface area contributed by atoms with E-state index in [0.29, 0.717) is 0 Å². The fourth-order valence-corrected chi connectivity index (χ4v) is 7.67. The van der Waals surface area contributed by atoms with Crippen molar-refractivity contribution in [3.63, 3.8) is 0 Å². The first-order valence-corrected chi connectivity index (χ1v) is 11.5. The van der Waals surface area contributed by atoms with Crippen molar-refractivity contribution in [2.45, 2.75) is 6.92 Å². The maximum Gasteiger partial charge on any atom is 0.0521 e. The molecule has 0 saturated heterocycles. The molecule has 3 aromatic carbocycles. The third kappa shape index (κ3) is 3.07. The van der Waals surface area contributed by atoms with Crippen LogP contribution in [0.5, 0.6) is 0 Å². The summed E-state index contributed by atoms with van der Waals surface area (Å²) in [5, 5.41) is 0. The van der Waals surface area contributed by atoms with Crippen molar-refractivity contribution in [3.8, 4) is 0 Å². The van der Waals surface area contributed by atoms with E-state index in [1.54, 1.807) is 0 Å². The van der Waals surface area contributed by atoms with Crippen LogP contribution in [-0.4, -0.2) is 4.86 Å². The Balaban J connectivity index is 1.60. The van der Waals surface area contributed by atoms with Crippen LogP contribution in [-0.2, 0) is 0 Å². The number of rotatable bonds is 3. The Hall–Kier alpha value is -2.49. The Morgan fingerprint density at radius 2 is 1.37 bits per heavy atom. The van der Waals surface area contributed by atoms with Gasteiger partial charge in [0.1, 0.15) is 0 Å². The van der Waals surface area contributed by atoms with Crippen molar-refractivity contribution < 1.29 is 0 Å². The van der Waals surface area contributed by atoms with Gasteiger partial charge in [-0.2, -0.15) is 0 Å². The van der Waals surface area contributed by atoms with Gasteiger partial charge in [-0.3, -0.25) is 4.31 Å². The van der Waals surface area contributed by atoms with Crippen LogP contribution in [0.2, 0.25) is 0 Å². The summed E-state index contributed by atoms with van der Waals surface area (Å²) in [6, 6.07) is 30.3. The molecule has 2 heterocycles. The third-order valence-electron chi connectivity index (χ3n) is 4.74. The number of benzene rings is 3. The van der Waals surface area contributed by atoms with Crippen LogP contribution in [0.25, 0.3) is 10.5 Å². The summed E-state index contributed by atoms with van der Waals surface area (Å²) in [6.45, 7) is 2.14. The van der Waals surface area contributed by atoms with E-state index in [-0.39, 0.29) is 9.70 Å². The molecule has 5 rings (SSSR count). The number of hydrogen-bond acceptors (Lipinski definition) is 2. The molecule has 1 atom stereocenters. The van der Waals surface area contributed by atoms with Crippen molar-refractivity contribution in [2.75, 3.05) is 4.31 Å². The van der Waals surface area contributed by atoms with Crippen LogP contribution in [0.1, 0.15) is 16.7 Å². The molecule has 0 spiro atoms. The first-order valence-electron chi connectivity index (χ1n) is 9.00. The minimum atomic E-state index is -0.0429. The molecule has 2 aliphatic rings. The SMILES string of the molecule is Cc1ccc(N2C=C(c3ccccc3)C3=S2SC(c2ccccc2)=C3)cc1. The van der Waals surface area contributed by atoms with Gasteiger partial charge in [-0.05, 0) is 56.8 Å². The van der Waals surface area contributed by atoms with Gasteiger partial charge in [0.2, 0.25) is 0 Å². The normalized spacial score (nSPS) is 18.3. The van der Waals surface area contributed by atoms with E-state index in [4.69, 9.17) is 0 Å². The smallest absolute Gasteiger partial charge is 0.0521 e. The lowest BCUT2D eigenvalue weighted by Crippen LogP contribution is -2.03. The highest BCUT2D eigenvalue weighted by molar-refractivity contribution is 8.88. The predicted octanol–water partition coefficient (Wildman–Crippen LogP) is 6.92. The Morgan fingerprint density at radius 1 is 0.741 bits per heavy atom. The highest BCUT2D eigenvalue weighted by Gasteiger charge is 2.30. The third-order valence-corrected chi connectivity index (χ3v) is 8.85. The van der Waals surface area contributed by atoms with Gasteiger partial charge in [0.05, 0.1) is 5.69 Å². The van der Waals surface area contributed by atoms with Crippen LogP contribution in [0.15, 0.2) is 97.2 Å². The fraction of sp³-hybridized carbons (Fsp3) is 0.0417. The van der Waals surface area contributed by atoms with Gasteiger partial charge in [-0.15, -0.1) is 0 Å². The standard InChI is InChI=1S/C24H19NS2/c1-18-12-14-21(15-13-18)25-17-22(19-8-4-2-5-9-19)24-16-23(26-27(24)25)20-10-6-3-7-11-20/h2-17H,1H3. The molecular formula is C24H19NS2. The lowest BCUT2D eigenvalue weighted by atomic mass is 10.0. The van der Waals surface area contributed by atoms with E-state index in [0.717, 1.165) is 0 Å². The van der Waals surface area contributed by atoms with Crippen molar-refractivity contribution in [3.05, 3.63) is 114 Å². The highest BCUT2D eigenvalue weighted by Crippen LogP contribution is 2.57. The molecule has 1 unspecified atom stereocenters. The second-order valence-electron chi connectivity index (χ2n) is 6.64. The maximum absolute atomic E-state index is 2.44. The molecule has 0 aliphatic carbocycles. The summed E-state index contributed by atoms with van der Waals surface area (Å²) in [6.07, 6.45) is 4.71. The Morgan fingerprint density at radius 3 is 2.04 bits per heavy atom. The molecular weight excluding hydrogens is 366 g/mol. The summed E-state index contributed by atoms with van der Waals surface area (Å²) in [5.41, 5.74) is 6.46. The van der Waals surface area contributed by atoms with Crippen LogP contribution in [0, 0.1) is 6.92 Å². The van der Waals surface area contributed by atoms with E-state index in [1.807, 2.05) is 10.8 Å².